The molecule has 2 aliphatic heterocycles. The van der Waals surface area contributed by atoms with E-state index < -0.39 is 0 Å². The van der Waals surface area contributed by atoms with Gasteiger partial charge in [-0.05, 0) is 72.2 Å². The number of carbonyl (C=O) groups is 2. The van der Waals surface area contributed by atoms with Crippen LogP contribution in [0.3, 0.4) is 0 Å². The number of fused-ring (bicyclic) bond motifs is 1. The van der Waals surface area contributed by atoms with Crippen molar-refractivity contribution in [2.45, 2.75) is 38.8 Å². The molecule has 0 spiro atoms. The van der Waals surface area contributed by atoms with Crippen LogP contribution in [0.15, 0.2) is 60.0 Å². The number of amides is 2. The highest BCUT2D eigenvalue weighted by Gasteiger charge is 2.34. The molecule has 1 fully saturated rings. The SMILES string of the molecule is CCc1ccc(C(=O)N2CCN(C(=O)CN3CCc4sccc4[C@@H]3c3ccc(OC)cc3)C[C@@H]2C)cc1. The first kappa shape index (κ1) is 25.5. The van der Waals surface area contributed by atoms with Gasteiger partial charge in [0.25, 0.3) is 5.91 Å². The molecule has 194 valence electrons. The van der Waals surface area contributed by atoms with Crippen LogP contribution in [0.2, 0.25) is 0 Å². The maximum absolute atomic E-state index is 13.5. The molecular formula is C30H35N3O3S. The number of carbonyl (C=O) groups excluding carboxylic acids is 2. The summed E-state index contributed by atoms with van der Waals surface area (Å²) in [6.07, 6.45) is 1.91. The lowest BCUT2D eigenvalue weighted by molar-refractivity contribution is -0.135. The zero-order valence-electron chi connectivity index (χ0n) is 21.9. The van der Waals surface area contributed by atoms with Crippen LogP contribution in [0.4, 0.5) is 0 Å². The molecular weight excluding hydrogens is 482 g/mol. The lowest BCUT2D eigenvalue weighted by atomic mass is 9.93. The van der Waals surface area contributed by atoms with E-state index in [0.717, 1.165) is 25.1 Å². The molecule has 0 aliphatic carbocycles. The molecule has 2 aromatic carbocycles. The number of methoxy groups -OCH3 is 1. The van der Waals surface area contributed by atoms with Crippen LogP contribution in [-0.2, 0) is 17.6 Å². The standard InChI is InChI=1S/C30H35N3O3S/c1-4-22-5-7-24(8-6-22)30(35)33-17-16-31(19-21(33)2)28(34)20-32-15-13-27-26(14-18-37-27)29(32)23-9-11-25(36-3)12-10-23/h5-12,14,18,21,29H,4,13,15-17,19-20H2,1-3H3/t21-,29-/m0/s1. The zero-order chi connectivity index (χ0) is 25.9. The maximum Gasteiger partial charge on any atom is 0.254 e. The Morgan fingerprint density at radius 1 is 1.00 bits per heavy atom. The molecule has 3 heterocycles. The van der Waals surface area contributed by atoms with E-state index in [1.807, 2.05) is 53.1 Å². The second-order valence-corrected chi connectivity index (χ2v) is 10.9. The molecule has 0 N–H and O–H groups in total. The van der Waals surface area contributed by atoms with Crippen molar-refractivity contribution in [1.29, 1.82) is 0 Å². The van der Waals surface area contributed by atoms with Crippen LogP contribution in [0.5, 0.6) is 5.75 Å². The van der Waals surface area contributed by atoms with Gasteiger partial charge in [-0.2, -0.15) is 0 Å². The van der Waals surface area contributed by atoms with Crippen molar-refractivity contribution in [3.8, 4) is 5.75 Å². The Hall–Kier alpha value is -3.16. The van der Waals surface area contributed by atoms with E-state index in [-0.39, 0.29) is 23.9 Å². The Morgan fingerprint density at radius 3 is 2.43 bits per heavy atom. The molecule has 0 radical (unpaired) electrons. The largest absolute Gasteiger partial charge is 0.497 e. The molecule has 1 saturated heterocycles. The second-order valence-electron chi connectivity index (χ2n) is 9.93. The number of benzene rings is 2. The fourth-order valence-corrected chi connectivity index (χ4v) is 6.43. The lowest BCUT2D eigenvalue weighted by Crippen LogP contribution is -2.57. The summed E-state index contributed by atoms with van der Waals surface area (Å²) >= 11 is 1.80. The summed E-state index contributed by atoms with van der Waals surface area (Å²) in [5.41, 5.74) is 4.41. The van der Waals surface area contributed by atoms with Crippen molar-refractivity contribution in [3.05, 3.63) is 87.1 Å². The fraction of sp³-hybridized carbons (Fsp3) is 0.400. The summed E-state index contributed by atoms with van der Waals surface area (Å²) in [5.74, 6) is 1.00. The van der Waals surface area contributed by atoms with Crippen molar-refractivity contribution in [2.24, 2.45) is 0 Å². The maximum atomic E-state index is 13.5. The Labute approximate surface area is 223 Å². The summed E-state index contributed by atoms with van der Waals surface area (Å²) in [4.78, 5) is 34.2. The van der Waals surface area contributed by atoms with E-state index in [1.54, 1.807) is 18.4 Å². The zero-order valence-corrected chi connectivity index (χ0v) is 22.7. The average Bonchev–Trinajstić information content (AvgIpc) is 3.41. The molecule has 0 unspecified atom stereocenters. The molecule has 3 aromatic rings. The molecule has 5 rings (SSSR count). The molecule has 2 aliphatic rings. The van der Waals surface area contributed by atoms with Crippen molar-refractivity contribution in [1.82, 2.24) is 14.7 Å². The summed E-state index contributed by atoms with van der Waals surface area (Å²) in [7, 11) is 1.67. The summed E-state index contributed by atoms with van der Waals surface area (Å²) in [5, 5.41) is 2.15. The monoisotopic (exact) mass is 517 g/mol. The smallest absolute Gasteiger partial charge is 0.254 e. The van der Waals surface area contributed by atoms with Gasteiger partial charge in [-0.3, -0.25) is 14.5 Å². The molecule has 7 heteroatoms. The summed E-state index contributed by atoms with van der Waals surface area (Å²) in [6.45, 7) is 7.03. The molecule has 37 heavy (non-hydrogen) atoms. The predicted octanol–water partition coefficient (Wildman–Crippen LogP) is 4.64. The van der Waals surface area contributed by atoms with Crippen LogP contribution in [0.25, 0.3) is 0 Å². The number of ether oxygens (including phenoxy) is 1. The highest BCUT2D eigenvalue weighted by Crippen LogP contribution is 2.38. The van der Waals surface area contributed by atoms with Crippen LogP contribution in [0, 0.1) is 0 Å². The van der Waals surface area contributed by atoms with Gasteiger partial charge in [0.2, 0.25) is 5.91 Å². The van der Waals surface area contributed by atoms with Crippen LogP contribution in [-0.4, -0.2) is 72.4 Å². The number of hydrogen-bond donors (Lipinski definition) is 0. The lowest BCUT2D eigenvalue weighted by Gasteiger charge is -2.42. The third kappa shape index (κ3) is 5.29. The number of hydrogen-bond acceptors (Lipinski definition) is 5. The van der Waals surface area contributed by atoms with Crippen molar-refractivity contribution in [2.75, 3.05) is 39.8 Å². The van der Waals surface area contributed by atoms with Gasteiger partial charge in [-0.1, -0.05) is 31.2 Å². The minimum Gasteiger partial charge on any atom is -0.497 e. The molecule has 0 saturated carbocycles. The van der Waals surface area contributed by atoms with Gasteiger partial charge in [0, 0.05) is 42.7 Å². The van der Waals surface area contributed by atoms with Crippen molar-refractivity contribution < 1.29 is 14.3 Å². The van der Waals surface area contributed by atoms with Gasteiger partial charge in [0.1, 0.15) is 5.75 Å². The Bertz CT molecular complexity index is 1240. The van der Waals surface area contributed by atoms with Crippen LogP contribution < -0.4 is 4.74 Å². The van der Waals surface area contributed by atoms with E-state index in [0.29, 0.717) is 31.7 Å². The second kappa shape index (κ2) is 11.1. The van der Waals surface area contributed by atoms with Gasteiger partial charge in [-0.15, -0.1) is 11.3 Å². The quantitative estimate of drug-likeness (QED) is 0.478. The first-order valence-electron chi connectivity index (χ1n) is 13.1. The van der Waals surface area contributed by atoms with Crippen molar-refractivity contribution in [3.63, 3.8) is 0 Å². The molecule has 1 aromatic heterocycles. The average molecular weight is 518 g/mol. The van der Waals surface area contributed by atoms with E-state index in [2.05, 4.69) is 35.4 Å². The first-order valence-corrected chi connectivity index (χ1v) is 14.0. The number of thiophene rings is 1. The molecule has 0 bridgehead atoms. The number of nitrogens with zero attached hydrogens (tertiary/aromatic N) is 3. The van der Waals surface area contributed by atoms with Gasteiger partial charge in [0.05, 0.1) is 19.7 Å². The summed E-state index contributed by atoms with van der Waals surface area (Å²) in [6, 6.07) is 18.3. The highest BCUT2D eigenvalue weighted by molar-refractivity contribution is 7.10. The normalized spacial score (nSPS) is 20.0. The molecule has 2 amide bonds. The number of aryl methyl sites for hydroxylation is 1. The Morgan fingerprint density at radius 2 is 1.76 bits per heavy atom. The first-order chi connectivity index (χ1) is 18.0. The van der Waals surface area contributed by atoms with Gasteiger partial charge in [-0.25, -0.2) is 0 Å². The summed E-state index contributed by atoms with van der Waals surface area (Å²) < 4.78 is 5.36. The van der Waals surface area contributed by atoms with Gasteiger partial charge < -0.3 is 14.5 Å². The predicted molar refractivity (Wildman–Crippen MR) is 147 cm³/mol. The fourth-order valence-electron chi connectivity index (χ4n) is 5.52. The number of rotatable bonds is 6. The Balaban J connectivity index is 1.26. The molecule has 2 atom stereocenters. The van der Waals surface area contributed by atoms with Gasteiger partial charge in [0.15, 0.2) is 0 Å². The van der Waals surface area contributed by atoms with E-state index in [9.17, 15) is 9.59 Å². The molecule has 6 nitrogen and oxygen atoms in total. The highest BCUT2D eigenvalue weighted by atomic mass is 32.1. The van der Waals surface area contributed by atoms with Crippen molar-refractivity contribution >= 4 is 23.2 Å². The Kier molecular flexibility index (Phi) is 7.63. The van der Waals surface area contributed by atoms with E-state index in [1.165, 1.54) is 21.6 Å². The van der Waals surface area contributed by atoms with Crippen LogP contribution >= 0.6 is 11.3 Å². The topological polar surface area (TPSA) is 53.1 Å². The number of piperazine rings is 1. The minimum atomic E-state index is -0.0294. The van der Waals surface area contributed by atoms with E-state index >= 15 is 0 Å². The third-order valence-electron chi connectivity index (χ3n) is 7.69. The van der Waals surface area contributed by atoms with Gasteiger partial charge >= 0.3 is 0 Å². The van der Waals surface area contributed by atoms with Crippen LogP contribution in [0.1, 0.15) is 51.8 Å². The third-order valence-corrected chi connectivity index (χ3v) is 8.68. The minimum absolute atomic E-state index is 0.0294. The van der Waals surface area contributed by atoms with E-state index in [4.69, 9.17) is 4.74 Å².